The summed E-state index contributed by atoms with van der Waals surface area (Å²) >= 11 is 0. The van der Waals surface area contributed by atoms with Gasteiger partial charge < -0.3 is 19.8 Å². The van der Waals surface area contributed by atoms with Crippen molar-refractivity contribution in [3.05, 3.63) is 0 Å². The van der Waals surface area contributed by atoms with Crippen molar-refractivity contribution >= 4 is 0 Å². The summed E-state index contributed by atoms with van der Waals surface area (Å²) in [5.74, 6) is -0.736. The van der Waals surface area contributed by atoms with E-state index in [9.17, 15) is 23.4 Å². The second kappa shape index (κ2) is 7.42. The molecule has 1 aliphatic heterocycles. The number of alkyl halides is 3. The number of β-amino-alcohol motifs (C(OH)–C–C–N with tert-alkyl or cyclic N) is 1. The molecular formula is C12H22F3NO3. The Labute approximate surface area is 111 Å². The Hall–Kier alpha value is -0.370. The van der Waals surface area contributed by atoms with Crippen LogP contribution in [0.1, 0.15) is 19.8 Å². The van der Waals surface area contributed by atoms with Crippen molar-refractivity contribution in [2.75, 3.05) is 32.8 Å². The van der Waals surface area contributed by atoms with Crippen molar-refractivity contribution in [2.24, 2.45) is 5.92 Å². The molecule has 0 saturated carbocycles. The van der Waals surface area contributed by atoms with Gasteiger partial charge in [-0.3, -0.25) is 0 Å². The van der Waals surface area contributed by atoms with Gasteiger partial charge in [-0.05, 0) is 38.8 Å². The van der Waals surface area contributed by atoms with Crippen LogP contribution in [0, 0.1) is 5.92 Å². The summed E-state index contributed by atoms with van der Waals surface area (Å²) in [6, 6.07) is 0. The Balaban J connectivity index is 2.29. The summed E-state index contributed by atoms with van der Waals surface area (Å²) in [4.78, 5) is 1.91. The van der Waals surface area contributed by atoms with Crippen LogP contribution in [0.15, 0.2) is 0 Å². The highest BCUT2D eigenvalue weighted by molar-refractivity contribution is 4.82. The lowest BCUT2D eigenvalue weighted by Gasteiger charge is -2.35. The molecule has 19 heavy (non-hydrogen) atoms. The van der Waals surface area contributed by atoms with Gasteiger partial charge in [0.1, 0.15) is 0 Å². The molecule has 0 spiro atoms. The summed E-state index contributed by atoms with van der Waals surface area (Å²) in [5, 5.41) is 18.8. The number of aliphatic hydroxyl groups is 2. The van der Waals surface area contributed by atoms with E-state index < -0.39 is 24.3 Å². The second-order valence-corrected chi connectivity index (χ2v) is 4.94. The topological polar surface area (TPSA) is 52.9 Å². The average molecular weight is 285 g/mol. The van der Waals surface area contributed by atoms with Gasteiger partial charge in [0.2, 0.25) is 0 Å². The molecule has 114 valence electrons. The first kappa shape index (κ1) is 16.7. The molecule has 2 unspecified atom stereocenters. The average Bonchev–Trinajstić information content (AvgIpc) is 2.35. The van der Waals surface area contributed by atoms with Crippen LogP contribution < -0.4 is 0 Å². The van der Waals surface area contributed by atoms with E-state index in [-0.39, 0.29) is 6.61 Å². The number of ether oxygens (including phenoxy) is 1. The predicted octanol–water partition coefficient (Wildman–Crippen LogP) is 1.02. The van der Waals surface area contributed by atoms with Gasteiger partial charge in [0.25, 0.3) is 0 Å². The van der Waals surface area contributed by atoms with Gasteiger partial charge >= 0.3 is 6.18 Å². The first-order valence-electron chi connectivity index (χ1n) is 6.57. The molecule has 0 radical (unpaired) electrons. The fraction of sp³-hybridized carbons (Fsp3) is 1.00. The largest absolute Gasteiger partial charge is 0.414 e. The molecule has 1 aliphatic rings. The number of hydrogen-bond donors (Lipinski definition) is 2. The van der Waals surface area contributed by atoms with E-state index >= 15 is 0 Å². The zero-order chi connectivity index (χ0) is 14.5. The molecule has 0 amide bonds. The molecule has 7 heteroatoms. The normalized spacial score (nSPS) is 22.4. The Morgan fingerprint density at radius 1 is 1.26 bits per heavy atom. The monoisotopic (exact) mass is 285 g/mol. The van der Waals surface area contributed by atoms with Crippen LogP contribution in [0.5, 0.6) is 0 Å². The van der Waals surface area contributed by atoms with Crippen LogP contribution in [0.2, 0.25) is 0 Å². The summed E-state index contributed by atoms with van der Waals surface area (Å²) < 4.78 is 42.2. The third-order valence-corrected chi connectivity index (χ3v) is 3.40. The third kappa shape index (κ3) is 5.64. The summed E-state index contributed by atoms with van der Waals surface area (Å²) in [7, 11) is 0. The third-order valence-electron chi connectivity index (χ3n) is 3.40. The molecule has 0 aliphatic carbocycles. The predicted molar refractivity (Wildman–Crippen MR) is 63.7 cm³/mol. The van der Waals surface area contributed by atoms with Gasteiger partial charge in [0.05, 0.1) is 12.7 Å². The number of nitrogens with zero attached hydrogens (tertiary/aromatic N) is 1. The number of aliphatic hydroxyl groups excluding tert-OH is 2. The van der Waals surface area contributed by atoms with Crippen LogP contribution in [-0.4, -0.2) is 66.3 Å². The van der Waals surface area contributed by atoms with Gasteiger partial charge in [0.15, 0.2) is 6.10 Å². The standard InChI is InChI=1S/C12H22F3NO3/c1-2-19-8-10(17)7-16-5-3-9(4-6-16)11(18)12(13,14)15/h9-11,17-18H,2-8H2,1H3. The minimum atomic E-state index is -4.54. The fourth-order valence-electron chi connectivity index (χ4n) is 2.32. The molecule has 0 bridgehead atoms. The molecule has 1 fully saturated rings. The van der Waals surface area contributed by atoms with E-state index in [1.807, 2.05) is 11.8 Å². The lowest BCUT2D eigenvalue weighted by molar-refractivity contribution is -0.223. The number of likely N-dealkylation sites (tertiary alicyclic amines) is 1. The molecule has 4 nitrogen and oxygen atoms in total. The highest BCUT2D eigenvalue weighted by atomic mass is 19.4. The lowest BCUT2D eigenvalue weighted by atomic mass is 9.91. The highest BCUT2D eigenvalue weighted by Crippen LogP contribution is 2.31. The van der Waals surface area contributed by atoms with Crippen LogP contribution in [0.3, 0.4) is 0 Å². The minimum Gasteiger partial charge on any atom is -0.389 e. The molecule has 1 rings (SSSR count). The van der Waals surface area contributed by atoms with E-state index in [1.165, 1.54) is 0 Å². The highest BCUT2D eigenvalue weighted by Gasteiger charge is 2.44. The molecule has 2 N–H and O–H groups in total. The maximum atomic E-state index is 12.4. The molecule has 0 aromatic rings. The molecule has 1 saturated heterocycles. The van der Waals surface area contributed by atoms with E-state index in [2.05, 4.69) is 0 Å². The van der Waals surface area contributed by atoms with Gasteiger partial charge in [-0.15, -0.1) is 0 Å². The quantitative estimate of drug-likeness (QED) is 0.765. The first-order chi connectivity index (χ1) is 8.84. The lowest BCUT2D eigenvalue weighted by Crippen LogP contribution is -2.45. The smallest absolute Gasteiger partial charge is 0.389 e. The van der Waals surface area contributed by atoms with Gasteiger partial charge in [0, 0.05) is 13.2 Å². The molecule has 0 aromatic heterocycles. The van der Waals surface area contributed by atoms with Gasteiger partial charge in [-0.25, -0.2) is 0 Å². The van der Waals surface area contributed by atoms with E-state index in [0.717, 1.165) is 0 Å². The van der Waals surface area contributed by atoms with Gasteiger partial charge in [-0.2, -0.15) is 13.2 Å². The van der Waals surface area contributed by atoms with Crippen molar-refractivity contribution in [2.45, 2.75) is 38.1 Å². The van der Waals surface area contributed by atoms with Crippen molar-refractivity contribution in [1.82, 2.24) is 4.90 Å². The van der Waals surface area contributed by atoms with E-state index in [1.54, 1.807) is 0 Å². The van der Waals surface area contributed by atoms with Crippen molar-refractivity contribution < 1.29 is 28.1 Å². The van der Waals surface area contributed by atoms with E-state index in [0.29, 0.717) is 39.1 Å². The van der Waals surface area contributed by atoms with Crippen LogP contribution in [0.25, 0.3) is 0 Å². The van der Waals surface area contributed by atoms with Crippen LogP contribution in [0.4, 0.5) is 13.2 Å². The van der Waals surface area contributed by atoms with Gasteiger partial charge in [-0.1, -0.05) is 0 Å². The van der Waals surface area contributed by atoms with Crippen molar-refractivity contribution in [3.63, 3.8) is 0 Å². The van der Waals surface area contributed by atoms with Crippen LogP contribution >= 0.6 is 0 Å². The zero-order valence-electron chi connectivity index (χ0n) is 11.1. The SMILES string of the molecule is CCOCC(O)CN1CCC(C(O)C(F)(F)F)CC1. The maximum Gasteiger partial charge on any atom is 0.414 e. The number of halogens is 3. The summed E-state index contributed by atoms with van der Waals surface area (Å²) in [5.41, 5.74) is 0. The molecule has 0 aromatic carbocycles. The summed E-state index contributed by atoms with van der Waals surface area (Å²) in [6.45, 7) is 3.91. The van der Waals surface area contributed by atoms with Crippen LogP contribution in [-0.2, 0) is 4.74 Å². The Morgan fingerprint density at radius 2 is 1.84 bits per heavy atom. The Kier molecular flexibility index (Phi) is 6.52. The minimum absolute atomic E-state index is 0.238. The molecular weight excluding hydrogens is 263 g/mol. The number of rotatable bonds is 6. The maximum absolute atomic E-state index is 12.4. The Morgan fingerprint density at radius 3 is 2.32 bits per heavy atom. The summed E-state index contributed by atoms with van der Waals surface area (Å²) in [6.07, 6.45) is -6.81. The first-order valence-corrected chi connectivity index (χ1v) is 6.57. The molecule has 2 atom stereocenters. The fourth-order valence-corrected chi connectivity index (χ4v) is 2.32. The number of hydrogen-bond acceptors (Lipinski definition) is 4. The second-order valence-electron chi connectivity index (χ2n) is 4.94. The zero-order valence-corrected chi connectivity index (χ0v) is 11.1. The molecule has 1 heterocycles. The van der Waals surface area contributed by atoms with Crippen molar-refractivity contribution in [1.29, 1.82) is 0 Å². The Bertz CT molecular complexity index is 255. The van der Waals surface area contributed by atoms with Crippen molar-refractivity contribution in [3.8, 4) is 0 Å². The van der Waals surface area contributed by atoms with E-state index in [4.69, 9.17) is 4.74 Å². The number of piperidine rings is 1.